The van der Waals surface area contributed by atoms with E-state index in [9.17, 15) is 9.59 Å². The second-order valence-corrected chi connectivity index (χ2v) is 6.51. The highest BCUT2D eigenvalue weighted by Gasteiger charge is 2.26. The minimum absolute atomic E-state index is 0.147. The van der Waals surface area contributed by atoms with Gasteiger partial charge >= 0.3 is 5.97 Å². The van der Waals surface area contributed by atoms with Gasteiger partial charge in [-0.1, -0.05) is 31.5 Å². The fourth-order valence-electron chi connectivity index (χ4n) is 3.44. The minimum atomic E-state index is -0.312. The molecule has 2 aromatic carbocycles. The second kappa shape index (κ2) is 8.25. The Morgan fingerprint density at radius 1 is 0.963 bits per heavy atom. The molecule has 0 aliphatic heterocycles. The molecule has 3 rings (SSSR count). The highest BCUT2D eigenvalue weighted by atomic mass is 16.6. The van der Waals surface area contributed by atoms with Crippen LogP contribution in [-0.2, 0) is 11.2 Å². The summed E-state index contributed by atoms with van der Waals surface area (Å²) >= 11 is 0. The third-order valence-corrected chi connectivity index (χ3v) is 4.82. The molecule has 0 unspecified atom stereocenters. The first kappa shape index (κ1) is 19.0. The Kier molecular flexibility index (Phi) is 5.79. The van der Waals surface area contributed by atoms with E-state index in [0.29, 0.717) is 36.5 Å². The molecule has 0 spiro atoms. The first-order chi connectivity index (χ1) is 13.1. The van der Waals surface area contributed by atoms with Crippen LogP contribution in [0.15, 0.2) is 30.3 Å². The van der Waals surface area contributed by atoms with E-state index in [2.05, 4.69) is 0 Å². The largest absolute Gasteiger partial charge is 0.493 e. The van der Waals surface area contributed by atoms with Crippen molar-refractivity contribution in [2.45, 2.75) is 39.0 Å². The summed E-state index contributed by atoms with van der Waals surface area (Å²) in [4.78, 5) is 24.5. The first-order valence-electron chi connectivity index (χ1n) is 9.21. The third kappa shape index (κ3) is 3.68. The van der Waals surface area contributed by atoms with Gasteiger partial charge in [0.2, 0.25) is 5.75 Å². The number of hydrogen-bond acceptors (Lipinski definition) is 5. The molecule has 0 radical (unpaired) electrons. The Morgan fingerprint density at radius 3 is 2.44 bits per heavy atom. The molecule has 1 aliphatic carbocycles. The smallest absolute Gasteiger partial charge is 0.311 e. The van der Waals surface area contributed by atoms with Crippen molar-refractivity contribution in [3.8, 4) is 28.4 Å². The Balaban J connectivity index is 2.13. The van der Waals surface area contributed by atoms with E-state index >= 15 is 0 Å². The highest BCUT2D eigenvalue weighted by Crippen LogP contribution is 2.46. The molecule has 0 atom stereocenters. The molecule has 0 amide bonds. The number of rotatable bonds is 7. The van der Waals surface area contributed by atoms with Crippen LogP contribution in [0.4, 0.5) is 0 Å². The van der Waals surface area contributed by atoms with Gasteiger partial charge in [-0.15, -0.1) is 0 Å². The number of benzene rings is 2. The first-order valence-corrected chi connectivity index (χ1v) is 9.21. The van der Waals surface area contributed by atoms with Crippen LogP contribution in [0.2, 0.25) is 0 Å². The standard InChI is InChI=1S/C22H24O5/c1-4-5-9-20(24)27-21-17(11-13-19(25-2)22(21)26-3)14-7-6-8-16-15(14)10-12-18(16)23/h6-8,11,13H,4-5,9-10,12H2,1-3H3. The van der Waals surface area contributed by atoms with Crippen molar-refractivity contribution < 1.29 is 23.8 Å². The van der Waals surface area contributed by atoms with Gasteiger partial charge in [0, 0.05) is 24.0 Å². The fraction of sp³-hybridized carbons (Fsp3) is 0.364. The normalized spacial score (nSPS) is 12.6. The van der Waals surface area contributed by atoms with Gasteiger partial charge in [-0.2, -0.15) is 0 Å². The molecule has 0 fully saturated rings. The van der Waals surface area contributed by atoms with Gasteiger partial charge in [-0.05, 0) is 36.1 Å². The number of carbonyl (C=O) groups excluding carboxylic acids is 2. The van der Waals surface area contributed by atoms with E-state index in [4.69, 9.17) is 14.2 Å². The van der Waals surface area contributed by atoms with Crippen LogP contribution in [0.1, 0.15) is 48.5 Å². The van der Waals surface area contributed by atoms with Gasteiger partial charge < -0.3 is 14.2 Å². The van der Waals surface area contributed by atoms with Crippen molar-refractivity contribution in [3.63, 3.8) is 0 Å². The van der Waals surface area contributed by atoms with Crippen molar-refractivity contribution in [3.05, 3.63) is 41.5 Å². The zero-order valence-electron chi connectivity index (χ0n) is 16.0. The summed E-state index contributed by atoms with van der Waals surface area (Å²) in [6.07, 6.45) is 3.19. The average molecular weight is 368 g/mol. The molecule has 2 aromatic rings. The Morgan fingerprint density at radius 2 is 1.74 bits per heavy atom. The van der Waals surface area contributed by atoms with Crippen LogP contribution >= 0.6 is 0 Å². The van der Waals surface area contributed by atoms with Gasteiger partial charge in [-0.25, -0.2) is 0 Å². The second-order valence-electron chi connectivity index (χ2n) is 6.51. The highest BCUT2D eigenvalue weighted by molar-refractivity contribution is 6.03. The number of hydrogen-bond donors (Lipinski definition) is 0. The molecule has 0 saturated carbocycles. The molecular formula is C22H24O5. The molecule has 0 aromatic heterocycles. The Bertz CT molecular complexity index is 869. The lowest BCUT2D eigenvalue weighted by atomic mass is 9.95. The number of methoxy groups -OCH3 is 2. The van der Waals surface area contributed by atoms with Gasteiger partial charge in [-0.3, -0.25) is 9.59 Å². The Hall–Kier alpha value is -2.82. The maximum absolute atomic E-state index is 12.3. The maximum atomic E-state index is 12.3. The minimum Gasteiger partial charge on any atom is -0.493 e. The van der Waals surface area contributed by atoms with Crippen molar-refractivity contribution in [2.75, 3.05) is 14.2 Å². The lowest BCUT2D eigenvalue weighted by Crippen LogP contribution is -2.10. The van der Waals surface area contributed by atoms with E-state index in [1.807, 2.05) is 31.2 Å². The van der Waals surface area contributed by atoms with E-state index in [-0.39, 0.29) is 11.8 Å². The number of esters is 1. The predicted molar refractivity (Wildman–Crippen MR) is 103 cm³/mol. The van der Waals surface area contributed by atoms with E-state index in [1.165, 1.54) is 7.11 Å². The summed E-state index contributed by atoms with van der Waals surface area (Å²) in [5.74, 6) is 1.04. The van der Waals surface area contributed by atoms with Gasteiger partial charge in [0.25, 0.3) is 0 Å². The summed E-state index contributed by atoms with van der Waals surface area (Å²) in [5.41, 5.74) is 3.34. The van der Waals surface area contributed by atoms with Gasteiger partial charge in [0.1, 0.15) is 0 Å². The third-order valence-electron chi connectivity index (χ3n) is 4.82. The Labute approximate surface area is 159 Å². The average Bonchev–Trinajstić information content (AvgIpc) is 3.07. The van der Waals surface area contributed by atoms with Crippen LogP contribution in [-0.4, -0.2) is 26.0 Å². The molecule has 27 heavy (non-hydrogen) atoms. The maximum Gasteiger partial charge on any atom is 0.311 e. The molecule has 0 heterocycles. The molecule has 0 saturated heterocycles. The summed E-state index contributed by atoms with van der Waals surface area (Å²) in [6, 6.07) is 9.29. The lowest BCUT2D eigenvalue weighted by molar-refractivity contribution is -0.134. The van der Waals surface area contributed by atoms with Crippen molar-refractivity contribution in [1.29, 1.82) is 0 Å². The summed E-state index contributed by atoms with van der Waals surface area (Å²) in [6.45, 7) is 2.02. The van der Waals surface area contributed by atoms with Gasteiger partial charge in [0.15, 0.2) is 17.3 Å². The van der Waals surface area contributed by atoms with Crippen LogP contribution in [0, 0.1) is 0 Å². The number of carbonyl (C=O) groups is 2. The topological polar surface area (TPSA) is 61.8 Å². The summed E-state index contributed by atoms with van der Waals surface area (Å²) in [7, 11) is 3.06. The molecule has 142 valence electrons. The molecule has 0 N–H and O–H groups in total. The van der Waals surface area contributed by atoms with Crippen LogP contribution < -0.4 is 14.2 Å². The molecule has 5 nitrogen and oxygen atoms in total. The zero-order chi connectivity index (χ0) is 19.4. The predicted octanol–water partition coefficient (Wildman–Crippen LogP) is 4.60. The fourth-order valence-corrected chi connectivity index (χ4v) is 3.44. The van der Waals surface area contributed by atoms with Crippen LogP contribution in [0.5, 0.6) is 17.2 Å². The monoisotopic (exact) mass is 368 g/mol. The van der Waals surface area contributed by atoms with Crippen molar-refractivity contribution in [1.82, 2.24) is 0 Å². The van der Waals surface area contributed by atoms with Crippen molar-refractivity contribution >= 4 is 11.8 Å². The zero-order valence-corrected chi connectivity index (χ0v) is 16.0. The van der Waals surface area contributed by atoms with Crippen LogP contribution in [0.25, 0.3) is 11.1 Å². The SMILES string of the molecule is CCCCC(=O)Oc1c(-c2cccc3c2CCC3=O)ccc(OC)c1OC. The van der Waals surface area contributed by atoms with Crippen LogP contribution in [0.3, 0.4) is 0 Å². The lowest BCUT2D eigenvalue weighted by Gasteiger charge is -2.18. The number of ketones is 1. The quantitative estimate of drug-likeness (QED) is 0.528. The number of Topliss-reactive ketones (excluding diaryl/α,β-unsaturated/α-hetero) is 1. The van der Waals surface area contributed by atoms with Crippen molar-refractivity contribution in [2.24, 2.45) is 0 Å². The van der Waals surface area contributed by atoms with Gasteiger partial charge in [0.05, 0.1) is 14.2 Å². The molecule has 0 bridgehead atoms. The summed E-state index contributed by atoms with van der Waals surface area (Å²) in [5, 5.41) is 0. The van der Waals surface area contributed by atoms with E-state index < -0.39 is 0 Å². The van der Waals surface area contributed by atoms with E-state index in [1.54, 1.807) is 13.2 Å². The van der Waals surface area contributed by atoms with E-state index in [0.717, 1.165) is 35.1 Å². The molecule has 5 heteroatoms. The molecular weight excluding hydrogens is 344 g/mol. The number of ether oxygens (including phenoxy) is 3. The number of unbranched alkanes of at least 4 members (excludes halogenated alkanes) is 1. The molecule has 1 aliphatic rings. The summed E-state index contributed by atoms with van der Waals surface area (Å²) < 4.78 is 16.6. The number of fused-ring (bicyclic) bond motifs is 1.